The highest BCUT2D eigenvalue weighted by atomic mass is 28.3. The maximum absolute atomic E-state index is 11.4. The Morgan fingerprint density at radius 3 is 2.41 bits per heavy atom. The molecule has 17 heavy (non-hydrogen) atoms. The van der Waals surface area contributed by atoms with Gasteiger partial charge in [-0.1, -0.05) is 20.8 Å². The highest BCUT2D eigenvalue weighted by Crippen LogP contribution is 2.36. The molecule has 0 saturated carbocycles. The normalized spacial score (nSPS) is 14.0. The Labute approximate surface area is 103 Å². The smallest absolute Gasteiger partial charge is 0.226 e. The lowest BCUT2D eigenvalue weighted by molar-refractivity contribution is 0.0640. The number of hydrogen-bond donors (Lipinski definition) is 1. The first-order valence-electron chi connectivity index (χ1n) is 5.50. The van der Waals surface area contributed by atoms with Gasteiger partial charge in [0.15, 0.2) is 5.75 Å². The van der Waals surface area contributed by atoms with Crippen LogP contribution in [-0.2, 0) is 4.43 Å². The highest BCUT2D eigenvalue weighted by molar-refractivity contribution is 6.48. The Balaban J connectivity index is 3.13. The minimum absolute atomic E-state index is 0.172. The molecular formula is C12H19O4Si. The predicted octanol–water partition coefficient (Wildman–Crippen LogP) is 2.70. The van der Waals surface area contributed by atoms with Crippen molar-refractivity contribution < 1.29 is 13.9 Å². The second-order valence-corrected chi connectivity index (χ2v) is 7.36. The van der Waals surface area contributed by atoms with Gasteiger partial charge in [0.25, 0.3) is 0 Å². The van der Waals surface area contributed by atoms with Gasteiger partial charge in [-0.3, -0.25) is 4.79 Å². The fourth-order valence-electron chi connectivity index (χ4n) is 1.45. The average Bonchev–Trinajstić information content (AvgIpc) is 2.17. The van der Waals surface area contributed by atoms with E-state index < -0.39 is 14.5 Å². The average molecular weight is 255 g/mol. The van der Waals surface area contributed by atoms with E-state index >= 15 is 0 Å². The quantitative estimate of drug-likeness (QED) is 0.844. The number of aromatic hydroxyl groups is 1. The van der Waals surface area contributed by atoms with E-state index in [0.29, 0.717) is 5.76 Å². The van der Waals surface area contributed by atoms with Gasteiger partial charge in [-0.25, -0.2) is 0 Å². The zero-order chi connectivity index (χ0) is 13.2. The summed E-state index contributed by atoms with van der Waals surface area (Å²) in [5.41, 5.74) is -0.612. The van der Waals surface area contributed by atoms with Crippen molar-refractivity contribution in [3.8, 4) is 5.75 Å². The maximum atomic E-state index is 11.4. The Hall–Kier alpha value is -1.07. The van der Waals surface area contributed by atoms with Crippen molar-refractivity contribution >= 4 is 9.04 Å². The Morgan fingerprint density at radius 2 is 2.00 bits per heavy atom. The number of hydrogen-bond acceptors (Lipinski definition) is 4. The molecule has 1 rings (SSSR count). The predicted molar refractivity (Wildman–Crippen MR) is 67.4 cm³/mol. The van der Waals surface area contributed by atoms with E-state index in [1.54, 1.807) is 0 Å². The van der Waals surface area contributed by atoms with Crippen LogP contribution in [0.3, 0.4) is 0 Å². The summed E-state index contributed by atoms with van der Waals surface area (Å²) in [6.45, 7) is 10.1. The van der Waals surface area contributed by atoms with E-state index in [9.17, 15) is 4.79 Å². The molecule has 1 heterocycles. The molecule has 0 bridgehead atoms. The largest absolute Gasteiger partial charge is 0.502 e. The zero-order valence-corrected chi connectivity index (χ0v) is 11.9. The van der Waals surface area contributed by atoms with Crippen molar-refractivity contribution in [2.45, 2.75) is 40.0 Å². The lowest BCUT2D eigenvalue weighted by Crippen LogP contribution is -2.26. The Kier molecular flexibility index (Phi) is 4.16. The molecule has 95 valence electrons. The summed E-state index contributed by atoms with van der Waals surface area (Å²) in [5.74, 6) is 0.0893. The van der Waals surface area contributed by atoms with E-state index in [1.807, 2.05) is 33.9 Å². The van der Waals surface area contributed by atoms with Crippen molar-refractivity contribution in [3.05, 3.63) is 28.3 Å². The maximum Gasteiger partial charge on any atom is 0.226 e. The van der Waals surface area contributed by atoms with Gasteiger partial charge in [0.2, 0.25) is 14.5 Å². The van der Waals surface area contributed by atoms with E-state index in [-0.39, 0.29) is 17.3 Å². The first kappa shape index (κ1) is 14.0. The third-order valence-electron chi connectivity index (χ3n) is 2.23. The first-order chi connectivity index (χ1) is 7.71. The molecule has 1 unspecified atom stereocenters. The fourth-order valence-corrected chi connectivity index (χ4v) is 2.40. The van der Waals surface area contributed by atoms with Crippen LogP contribution in [0, 0.1) is 5.41 Å². The van der Waals surface area contributed by atoms with Gasteiger partial charge in [-0.15, -0.1) is 0 Å². The molecule has 1 N–H and O–H groups in total. The third-order valence-corrected chi connectivity index (χ3v) is 2.94. The Morgan fingerprint density at radius 1 is 1.41 bits per heavy atom. The van der Waals surface area contributed by atoms with Crippen LogP contribution in [-0.4, -0.2) is 14.1 Å². The monoisotopic (exact) mass is 255 g/mol. The highest BCUT2D eigenvalue weighted by Gasteiger charge is 2.30. The summed E-state index contributed by atoms with van der Waals surface area (Å²) in [6, 6.07) is 1.30. The van der Waals surface area contributed by atoms with Crippen molar-refractivity contribution in [1.82, 2.24) is 0 Å². The van der Waals surface area contributed by atoms with E-state index in [4.69, 9.17) is 13.9 Å². The van der Waals surface area contributed by atoms with Crippen LogP contribution < -0.4 is 5.43 Å². The second-order valence-electron chi connectivity index (χ2n) is 5.30. The molecule has 0 amide bonds. The van der Waals surface area contributed by atoms with Crippen LogP contribution in [0.1, 0.15) is 32.6 Å². The molecule has 0 spiro atoms. The molecule has 0 aromatic carbocycles. The molecule has 5 heteroatoms. The fraction of sp³-hybridized carbons (Fsp3) is 0.583. The molecule has 4 nitrogen and oxygen atoms in total. The van der Waals surface area contributed by atoms with Crippen molar-refractivity contribution in [3.63, 3.8) is 0 Å². The van der Waals surface area contributed by atoms with E-state index in [0.717, 1.165) is 6.26 Å². The molecule has 0 aliphatic rings. The lowest BCUT2D eigenvalue weighted by atomic mass is 9.87. The second kappa shape index (κ2) is 5.06. The van der Waals surface area contributed by atoms with Gasteiger partial charge in [-0.05, 0) is 18.5 Å². The van der Waals surface area contributed by atoms with Crippen LogP contribution in [0.4, 0.5) is 0 Å². The van der Waals surface area contributed by atoms with Gasteiger partial charge in [0.05, 0.1) is 0 Å². The minimum Gasteiger partial charge on any atom is -0.502 e. The zero-order valence-electron chi connectivity index (χ0n) is 10.9. The summed E-state index contributed by atoms with van der Waals surface area (Å²) in [5, 5.41) is 9.17. The molecule has 0 saturated heterocycles. The summed E-state index contributed by atoms with van der Waals surface area (Å²) < 4.78 is 11.2. The van der Waals surface area contributed by atoms with Gasteiger partial charge in [0, 0.05) is 6.07 Å². The van der Waals surface area contributed by atoms with Crippen LogP contribution >= 0.6 is 0 Å². The topological polar surface area (TPSA) is 59.7 Å². The molecule has 1 atom stereocenters. The van der Waals surface area contributed by atoms with Gasteiger partial charge >= 0.3 is 0 Å². The van der Waals surface area contributed by atoms with Gasteiger partial charge in [-0.2, -0.15) is 0 Å². The summed E-state index contributed by atoms with van der Waals surface area (Å²) in [7, 11) is -0.910. The molecule has 1 radical (unpaired) electrons. The molecule has 0 aliphatic carbocycles. The molecular weight excluding hydrogens is 236 g/mol. The lowest BCUT2D eigenvalue weighted by Gasteiger charge is -2.31. The minimum atomic E-state index is -0.910. The standard InChI is InChI=1S/C12H19O4Si/c1-12(2,3)11(16-17(4)5)10-6-8(13)9(14)7-15-10/h6-7,11,14H,1-5H3. The first-order valence-corrected chi connectivity index (χ1v) is 7.91. The van der Waals surface area contributed by atoms with Gasteiger partial charge < -0.3 is 13.9 Å². The van der Waals surface area contributed by atoms with Gasteiger partial charge in [0.1, 0.15) is 18.1 Å². The third kappa shape index (κ3) is 3.71. The Bertz CT molecular complexity index is 431. The van der Waals surface area contributed by atoms with Crippen LogP contribution in [0.2, 0.25) is 13.1 Å². The molecule has 0 aliphatic heterocycles. The summed E-state index contributed by atoms with van der Waals surface area (Å²) in [4.78, 5) is 11.4. The SMILES string of the molecule is C[Si](C)OC(c1cc(=O)c(O)co1)C(C)(C)C. The van der Waals surface area contributed by atoms with E-state index in [2.05, 4.69) is 0 Å². The summed E-state index contributed by atoms with van der Waals surface area (Å²) in [6.07, 6.45) is 0.789. The van der Waals surface area contributed by atoms with Crippen LogP contribution in [0.5, 0.6) is 5.75 Å². The molecule has 1 aromatic rings. The van der Waals surface area contributed by atoms with Crippen molar-refractivity contribution in [2.75, 3.05) is 0 Å². The molecule has 0 fully saturated rings. The van der Waals surface area contributed by atoms with Crippen LogP contribution in [0.25, 0.3) is 0 Å². The molecule has 1 aromatic heterocycles. The van der Waals surface area contributed by atoms with Crippen LogP contribution in [0.15, 0.2) is 21.5 Å². The van der Waals surface area contributed by atoms with E-state index in [1.165, 1.54) is 6.07 Å². The summed E-state index contributed by atoms with van der Waals surface area (Å²) >= 11 is 0. The van der Waals surface area contributed by atoms with Crippen molar-refractivity contribution in [2.24, 2.45) is 5.41 Å². The van der Waals surface area contributed by atoms with Crippen molar-refractivity contribution in [1.29, 1.82) is 0 Å². The number of rotatable bonds is 3.